The van der Waals surface area contributed by atoms with Crippen LogP contribution in [0, 0.1) is 0 Å². The Bertz CT molecular complexity index is 130. The molecule has 1 heterocycles. The van der Waals surface area contributed by atoms with Crippen LogP contribution in [0.3, 0.4) is 0 Å². The number of hydrogen-bond acceptors (Lipinski definition) is 4. The van der Waals surface area contributed by atoms with E-state index in [0.717, 1.165) is 33.2 Å². The van der Waals surface area contributed by atoms with Gasteiger partial charge in [-0.05, 0) is 0 Å². The number of rotatable bonds is 1. The Morgan fingerprint density at radius 1 is 1.33 bits per heavy atom. The third kappa shape index (κ3) is 7.17. The molecule has 5 nitrogen and oxygen atoms in total. The van der Waals surface area contributed by atoms with Gasteiger partial charge in [-0.3, -0.25) is 4.79 Å². The molecule has 0 amide bonds. The number of carboxylic acids is 1. The third-order valence-corrected chi connectivity index (χ3v) is 1.15. The maximum Gasteiger partial charge on any atom is 0.371 e. The van der Waals surface area contributed by atoms with Crippen LogP contribution in [-0.2, 0) is 14.3 Å². The number of nitrogens with one attached hydrogen (secondary N) is 1. The highest BCUT2D eigenvalue weighted by Crippen LogP contribution is 1.76. The average molecular weight is 175 g/mol. The van der Waals surface area contributed by atoms with Crippen LogP contribution in [0.5, 0.6) is 0 Å². The van der Waals surface area contributed by atoms with Gasteiger partial charge in [-0.2, -0.15) is 0 Å². The van der Waals surface area contributed by atoms with Crippen molar-refractivity contribution in [1.82, 2.24) is 5.32 Å². The first-order valence-corrected chi connectivity index (χ1v) is 3.67. The van der Waals surface area contributed by atoms with Crippen LogP contribution < -0.4 is 5.32 Å². The van der Waals surface area contributed by atoms with E-state index in [-0.39, 0.29) is 0 Å². The fourth-order valence-corrected chi connectivity index (χ4v) is 0.516. The lowest BCUT2D eigenvalue weighted by atomic mass is 10.5. The maximum absolute atomic E-state index is 9.54. The topological polar surface area (TPSA) is 75.6 Å². The van der Waals surface area contributed by atoms with E-state index in [1.54, 1.807) is 0 Å². The number of carbonyl (C=O) groups is 2. The van der Waals surface area contributed by atoms with Gasteiger partial charge in [-0.15, -0.1) is 0 Å². The van der Waals surface area contributed by atoms with Crippen LogP contribution >= 0.6 is 0 Å². The molecule has 1 saturated heterocycles. The fraction of sp³-hybridized carbons (Fsp3) is 0.714. The number of ketones is 1. The Balaban J connectivity index is 0.000000202. The minimum atomic E-state index is -1.38. The highest BCUT2D eigenvalue weighted by Gasteiger charge is 1.99. The van der Waals surface area contributed by atoms with Crippen LogP contribution in [-0.4, -0.2) is 43.2 Å². The summed E-state index contributed by atoms with van der Waals surface area (Å²) in [4.78, 5) is 18.9. The SMILES string of the molecule is C1COCCN1.CC(=O)C(=O)O. The van der Waals surface area contributed by atoms with Gasteiger partial charge < -0.3 is 15.2 Å². The summed E-state index contributed by atoms with van der Waals surface area (Å²) in [5, 5.41) is 10.8. The zero-order valence-electron chi connectivity index (χ0n) is 7.00. The smallest absolute Gasteiger partial charge is 0.371 e. The third-order valence-electron chi connectivity index (χ3n) is 1.15. The van der Waals surface area contributed by atoms with E-state index in [2.05, 4.69) is 5.32 Å². The summed E-state index contributed by atoms with van der Waals surface area (Å²) < 4.78 is 5.01. The van der Waals surface area contributed by atoms with Crippen LogP contribution in [0.25, 0.3) is 0 Å². The number of ether oxygens (including phenoxy) is 1. The quantitative estimate of drug-likeness (QED) is 0.514. The summed E-state index contributed by atoms with van der Waals surface area (Å²) in [5.41, 5.74) is 0. The van der Waals surface area contributed by atoms with Crippen molar-refractivity contribution in [3.63, 3.8) is 0 Å². The van der Waals surface area contributed by atoms with Gasteiger partial charge in [-0.1, -0.05) is 0 Å². The van der Waals surface area contributed by atoms with E-state index >= 15 is 0 Å². The van der Waals surface area contributed by atoms with Gasteiger partial charge in [0.25, 0.3) is 0 Å². The minimum Gasteiger partial charge on any atom is -0.476 e. The lowest BCUT2D eigenvalue weighted by molar-refractivity contribution is -0.148. The van der Waals surface area contributed by atoms with Crippen molar-refractivity contribution in [3.8, 4) is 0 Å². The molecule has 0 aromatic rings. The van der Waals surface area contributed by atoms with Crippen molar-refractivity contribution in [1.29, 1.82) is 0 Å². The number of morpholine rings is 1. The molecule has 0 radical (unpaired) electrons. The van der Waals surface area contributed by atoms with Crippen molar-refractivity contribution >= 4 is 11.8 Å². The molecule has 1 rings (SSSR count). The molecule has 0 bridgehead atoms. The molecule has 1 fully saturated rings. The first kappa shape index (κ1) is 11.1. The first-order valence-electron chi connectivity index (χ1n) is 3.67. The number of hydrogen-bond donors (Lipinski definition) is 2. The standard InChI is InChI=1S/C4H9NO.C3H4O3/c1-3-6-4-2-5-1;1-2(4)3(5)6/h5H,1-4H2;1H3,(H,5,6). The van der Waals surface area contributed by atoms with Crippen LogP contribution in [0.1, 0.15) is 6.92 Å². The Morgan fingerprint density at radius 3 is 1.83 bits per heavy atom. The predicted molar refractivity (Wildman–Crippen MR) is 42.0 cm³/mol. The molecular weight excluding hydrogens is 162 g/mol. The summed E-state index contributed by atoms with van der Waals surface area (Å²) in [7, 11) is 0. The first-order chi connectivity index (χ1) is 5.64. The molecule has 70 valence electrons. The lowest BCUT2D eigenvalue weighted by Crippen LogP contribution is -2.30. The number of carboxylic acid groups (broad SMARTS) is 1. The largest absolute Gasteiger partial charge is 0.476 e. The zero-order chi connectivity index (χ0) is 9.40. The zero-order valence-corrected chi connectivity index (χ0v) is 7.00. The van der Waals surface area contributed by atoms with E-state index in [4.69, 9.17) is 9.84 Å². The van der Waals surface area contributed by atoms with Crippen molar-refractivity contribution in [3.05, 3.63) is 0 Å². The normalized spacial score (nSPS) is 15.8. The molecule has 12 heavy (non-hydrogen) atoms. The number of Topliss-reactive ketones (excluding diaryl/α,β-unsaturated/α-hetero) is 1. The number of aliphatic carboxylic acids is 1. The van der Waals surface area contributed by atoms with Crippen molar-refractivity contribution < 1.29 is 19.4 Å². The summed E-state index contributed by atoms with van der Waals surface area (Å²) in [6, 6.07) is 0. The van der Waals surface area contributed by atoms with Crippen LogP contribution in [0.15, 0.2) is 0 Å². The monoisotopic (exact) mass is 175 g/mol. The summed E-state index contributed by atoms with van der Waals surface area (Å²) in [6.45, 7) is 4.84. The van der Waals surface area contributed by atoms with Crippen molar-refractivity contribution in [2.24, 2.45) is 0 Å². The second-order valence-corrected chi connectivity index (χ2v) is 2.22. The van der Waals surface area contributed by atoms with Gasteiger partial charge in [0.1, 0.15) is 0 Å². The Morgan fingerprint density at radius 2 is 1.75 bits per heavy atom. The highest BCUT2D eigenvalue weighted by atomic mass is 16.5. The van der Waals surface area contributed by atoms with Gasteiger partial charge >= 0.3 is 5.97 Å². The van der Waals surface area contributed by atoms with E-state index in [1.165, 1.54) is 0 Å². The fourth-order valence-electron chi connectivity index (χ4n) is 0.516. The van der Waals surface area contributed by atoms with Gasteiger partial charge in [0, 0.05) is 20.0 Å². The number of carbonyl (C=O) groups excluding carboxylic acids is 1. The van der Waals surface area contributed by atoms with Crippen molar-refractivity contribution in [2.45, 2.75) is 6.92 Å². The predicted octanol–water partition coefficient (Wildman–Crippen LogP) is -0.734. The van der Waals surface area contributed by atoms with Gasteiger partial charge in [0.2, 0.25) is 5.78 Å². The Hall–Kier alpha value is -0.940. The molecule has 0 aliphatic carbocycles. The molecule has 0 spiro atoms. The summed E-state index contributed by atoms with van der Waals surface area (Å²) >= 11 is 0. The Labute approximate surface area is 70.7 Å². The molecule has 0 aromatic heterocycles. The second kappa shape index (κ2) is 6.75. The summed E-state index contributed by atoms with van der Waals surface area (Å²) in [6.07, 6.45) is 0. The van der Waals surface area contributed by atoms with Crippen molar-refractivity contribution in [2.75, 3.05) is 26.3 Å². The minimum absolute atomic E-state index is 0.824. The van der Waals surface area contributed by atoms with Gasteiger partial charge in [-0.25, -0.2) is 4.79 Å². The second-order valence-electron chi connectivity index (χ2n) is 2.22. The van der Waals surface area contributed by atoms with E-state index in [1.807, 2.05) is 0 Å². The molecular formula is C7H13NO4. The van der Waals surface area contributed by atoms with Crippen LogP contribution in [0.4, 0.5) is 0 Å². The van der Waals surface area contributed by atoms with Gasteiger partial charge in [0.05, 0.1) is 13.2 Å². The molecule has 0 atom stereocenters. The molecule has 1 aliphatic rings. The van der Waals surface area contributed by atoms with Crippen LogP contribution in [0.2, 0.25) is 0 Å². The molecule has 1 aliphatic heterocycles. The Kier molecular flexibility index (Phi) is 6.22. The van der Waals surface area contributed by atoms with Gasteiger partial charge in [0.15, 0.2) is 0 Å². The van der Waals surface area contributed by atoms with E-state index < -0.39 is 11.8 Å². The summed E-state index contributed by atoms with van der Waals surface area (Å²) in [5.74, 6) is -2.20. The lowest BCUT2D eigenvalue weighted by Gasteiger charge is -2.10. The molecule has 0 unspecified atom stereocenters. The van der Waals surface area contributed by atoms with E-state index in [9.17, 15) is 9.59 Å². The molecule has 0 aromatic carbocycles. The average Bonchev–Trinajstić information content (AvgIpc) is 2.08. The molecule has 2 N–H and O–H groups in total. The highest BCUT2D eigenvalue weighted by molar-refractivity contribution is 6.31. The maximum atomic E-state index is 9.54. The molecule has 5 heteroatoms. The van der Waals surface area contributed by atoms with E-state index in [0.29, 0.717) is 0 Å². The molecule has 0 saturated carbocycles.